The summed E-state index contributed by atoms with van der Waals surface area (Å²) in [4.78, 5) is 13.4. The second-order valence-corrected chi connectivity index (χ2v) is 6.97. The second kappa shape index (κ2) is 8.04. The number of rotatable bonds is 6. The number of hydrogen-bond acceptors (Lipinski definition) is 2. The van der Waals surface area contributed by atoms with Crippen molar-refractivity contribution in [3.8, 4) is 0 Å². The van der Waals surface area contributed by atoms with E-state index in [-0.39, 0.29) is 11.2 Å². The second-order valence-electron chi connectivity index (χ2n) is 5.58. The van der Waals surface area contributed by atoms with Gasteiger partial charge in [0.05, 0.1) is 5.25 Å². The molecular weight excluding hydrogens is 290 g/mol. The lowest BCUT2D eigenvalue weighted by Gasteiger charge is -2.16. The molecule has 0 fully saturated rings. The summed E-state index contributed by atoms with van der Waals surface area (Å²) in [7, 11) is 0. The van der Waals surface area contributed by atoms with Crippen LogP contribution in [0.5, 0.6) is 0 Å². The van der Waals surface area contributed by atoms with Gasteiger partial charge < -0.3 is 5.32 Å². The lowest BCUT2D eigenvalue weighted by Crippen LogP contribution is -2.33. The maximum atomic E-state index is 12.3. The molecule has 2 atom stereocenters. The highest BCUT2D eigenvalue weighted by Crippen LogP contribution is 2.26. The number of hydrogen-bond donors (Lipinski definition) is 1. The summed E-state index contributed by atoms with van der Waals surface area (Å²) >= 11 is 1.61. The molecule has 116 valence electrons. The lowest BCUT2D eigenvalue weighted by molar-refractivity contribution is -0.120. The van der Waals surface area contributed by atoms with E-state index in [1.807, 2.05) is 37.3 Å². The number of carbonyl (C=O) groups excluding carboxylic acids is 1. The van der Waals surface area contributed by atoms with Crippen LogP contribution in [0.2, 0.25) is 0 Å². The molecule has 0 radical (unpaired) electrons. The van der Waals surface area contributed by atoms with E-state index < -0.39 is 0 Å². The zero-order valence-corrected chi connectivity index (χ0v) is 14.2. The molecule has 2 nitrogen and oxygen atoms in total. The zero-order chi connectivity index (χ0) is 15.9. The van der Waals surface area contributed by atoms with Gasteiger partial charge in [0, 0.05) is 11.4 Å². The number of aryl methyl sites for hydroxylation is 1. The Balaban J connectivity index is 1.85. The molecule has 0 aromatic heterocycles. The van der Waals surface area contributed by atoms with Crippen LogP contribution in [0.25, 0.3) is 0 Å². The molecule has 22 heavy (non-hydrogen) atoms. The molecule has 2 rings (SSSR count). The Bertz CT molecular complexity index is 612. The van der Waals surface area contributed by atoms with E-state index in [4.69, 9.17) is 0 Å². The minimum absolute atomic E-state index is 0.0935. The molecule has 0 spiro atoms. The van der Waals surface area contributed by atoms with E-state index >= 15 is 0 Å². The molecule has 0 bridgehead atoms. The smallest absolute Gasteiger partial charge is 0.233 e. The van der Waals surface area contributed by atoms with Crippen LogP contribution in [-0.4, -0.2) is 17.7 Å². The van der Waals surface area contributed by atoms with Crippen molar-refractivity contribution in [3.05, 3.63) is 65.7 Å². The molecule has 0 heterocycles. The number of thioether (sulfide) groups is 1. The maximum absolute atomic E-state index is 12.3. The first kappa shape index (κ1) is 16.6. The highest BCUT2D eigenvalue weighted by molar-refractivity contribution is 8.00. The van der Waals surface area contributed by atoms with Crippen molar-refractivity contribution in [1.29, 1.82) is 0 Å². The van der Waals surface area contributed by atoms with Gasteiger partial charge in [-0.3, -0.25) is 4.79 Å². The Kier molecular flexibility index (Phi) is 6.08. The normalized spacial score (nSPS) is 13.4. The largest absolute Gasteiger partial charge is 0.355 e. The van der Waals surface area contributed by atoms with Gasteiger partial charge in [-0.15, -0.1) is 11.8 Å². The van der Waals surface area contributed by atoms with Crippen LogP contribution in [-0.2, 0) is 4.79 Å². The lowest BCUT2D eigenvalue weighted by atomic mass is 10.0. The van der Waals surface area contributed by atoms with Gasteiger partial charge in [0.15, 0.2) is 0 Å². The van der Waals surface area contributed by atoms with Gasteiger partial charge in [-0.2, -0.15) is 0 Å². The molecule has 2 aromatic rings. The maximum Gasteiger partial charge on any atom is 0.233 e. The first-order valence-electron chi connectivity index (χ1n) is 7.63. The number of carbonyl (C=O) groups is 1. The summed E-state index contributed by atoms with van der Waals surface area (Å²) in [6.45, 7) is 6.83. The van der Waals surface area contributed by atoms with Gasteiger partial charge in [0.1, 0.15) is 0 Å². The molecule has 0 aliphatic rings. The molecule has 2 unspecified atom stereocenters. The summed E-state index contributed by atoms with van der Waals surface area (Å²) < 4.78 is 0. The number of nitrogens with one attached hydrogen (secondary N) is 1. The Morgan fingerprint density at radius 2 is 1.68 bits per heavy atom. The summed E-state index contributed by atoms with van der Waals surface area (Å²) in [5.41, 5.74) is 2.46. The van der Waals surface area contributed by atoms with E-state index in [1.165, 1.54) is 16.0 Å². The summed E-state index contributed by atoms with van der Waals surface area (Å²) in [6.07, 6.45) is 0. The monoisotopic (exact) mass is 313 g/mol. The van der Waals surface area contributed by atoms with Crippen molar-refractivity contribution in [3.63, 3.8) is 0 Å². The Labute approximate surface area is 137 Å². The molecule has 1 amide bonds. The van der Waals surface area contributed by atoms with Crippen molar-refractivity contribution in [2.24, 2.45) is 0 Å². The topological polar surface area (TPSA) is 29.1 Å². The predicted molar refractivity (Wildman–Crippen MR) is 94.4 cm³/mol. The minimum atomic E-state index is -0.0935. The number of amides is 1. The van der Waals surface area contributed by atoms with Gasteiger partial charge in [0.2, 0.25) is 5.91 Å². The van der Waals surface area contributed by atoms with E-state index in [0.29, 0.717) is 12.5 Å². The molecule has 1 N–H and O–H groups in total. The Morgan fingerprint density at radius 3 is 2.36 bits per heavy atom. The highest BCUT2D eigenvalue weighted by Gasteiger charge is 2.16. The summed E-state index contributed by atoms with van der Waals surface area (Å²) in [5.74, 6) is 0.414. The third-order valence-electron chi connectivity index (χ3n) is 3.72. The Morgan fingerprint density at radius 1 is 1.05 bits per heavy atom. The molecule has 0 saturated heterocycles. The van der Waals surface area contributed by atoms with Crippen molar-refractivity contribution in [2.75, 3.05) is 6.54 Å². The van der Waals surface area contributed by atoms with Crippen LogP contribution in [0, 0.1) is 6.92 Å². The number of benzene rings is 2. The predicted octanol–water partition coefficient (Wildman–Crippen LogP) is 4.40. The fourth-order valence-electron chi connectivity index (χ4n) is 2.23. The molecule has 2 aromatic carbocycles. The minimum Gasteiger partial charge on any atom is -0.355 e. The standard InChI is InChI=1S/C19H23NOS/c1-14-9-7-8-12-18(14)22-16(3)19(21)20-13-15(2)17-10-5-4-6-11-17/h4-12,15-16H,13H2,1-3H3,(H,20,21). The van der Waals surface area contributed by atoms with Crippen molar-refractivity contribution in [2.45, 2.75) is 36.8 Å². The van der Waals surface area contributed by atoms with Crippen molar-refractivity contribution >= 4 is 17.7 Å². The van der Waals surface area contributed by atoms with Gasteiger partial charge in [-0.05, 0) is 37.0 Å². The molecular formula is C19H23NOS. The molecule has 0 aliphatic heterocycles. The van der Waals surface area contributed by atoms with E-state index in [0.717, 1.165) is 0 Å². The van der Waals surface area contributed by atoms with Gasteiger partial charge in [-0.1, -0.05) is 55.5 Å². The van der Waals surface area contributed by atoms with Crippen LogP contribution in [0.1, 0.15) is 30.9 Å². The van der Waals surface area contributed by atoms with E-state index in [9.17, 15) is 4.79 Å². The molecule has 3 heteroatoms. The van der Waals surface area contributed by atoms with Crippen molar-refractivity contribution < 1.29 is 4.79 Å². The van der Waals surface area contributed by atoms with E-state index in [2.05, 4.69) is 43.4 Å². The van der Waals surface area contributed by atoms with Crippen LogP contribution in [0.15, 0.2) is 59.5 Å². The fraction of sp³-hybridized carbons (Fsp3) is 0.316. The molecule has 0 saturated carbocycles. The fourth-order valence-corrected chi connectivity index (χ4v) is 3.21. The summed E-state index contributed by atoms with van der Waals surface area (Å²) in [6, 6.07) is 18.4. The SMILES string of the molecule is Cc1ccccc1SC(C)C(=O)NCC(C)c1ccccc1. The van der Waals surface area contributed by atoms with Crippen LogP contribution >= 0.6 is 11.8 Å². The van der Waals surface area contributed by atoms with Crippen LogP contribution in [0.3, 0.4) is 0 Å². The third-order valence-corrected chi connectivity index (χ3v) is 5.00. The van der Waals surface area contributed by atoms with Crippen molar-refractivity contribution in [1.82, 2.24) is 5.32 Å². The van der Waals surface area contributed by atoms with Crippen LogP contribution < -0.4 is 5.32 Å². The third kappa shape index (κ3) is 4.63. The first-order chi connectivity index (χ1) is 10.6. The van der Waals surface area contributed by atoms with Gasteiger partial charge in [-0.25, -0.2) is 0 Å². The quantitative estimate of drug-likeness (QED) is 0.801. The summed E-state index contributed by atoms with van der Waals surface area (Å²) in [5, 5.41) is 2.97. The average molecular weight is 313 g/mol. The highest BCUT2D eigenvalue weighted by atomic mass is 32.2. The van der Waals surface area contributed by atoms with Gasteiger partial charge >= 0.3 is 0 Å². The van der Waals surface area contributed by atoms with Gasteiger partial charge in [0.25, 0.3) is 0 Å². The van der Waals surface area contributed by atoms with Crippen LogP contribution in [0.4, 0.5) is 0 Å². The van der Waals surface area contributed by atoms with E-state index in [1.54, 1.807) is 11.8 Å². The zero-order valence-electron chi connectivity index (χ0n) is 13.4. The first-order valence-corrected chi connectivity index (χ1v) is 8.51. The molecule has 0 aliphatic carbocycles. The Hall–Kier alpha value is -1.74. The average Bonchev–Trinajstić information content (AvgIpc) is 2.55.